The number of hydrogen-bond donors (Lipinski definition) is 3. The number of carbonyl (C=O) groups excluding carboxylic acids is 1. The molecule has 0 atom stereocenters. The topological polar surface area (TPSA) is 117 Å². The van der Waals surface area contributed by atoms with Crippen molar-refractivity contribution in [3.8, 4) is 0 Å². The number of H-pyrrole nitrogens is 1. The Labute approximate surface area is 155 Å². The van der Waals surface area contributed by atoms with E-state index < -0.39 is 23.9 Å². The first-order valence-corrected chi connectivity index (χ1v) is 9.68. The number of aromatic nitrogens is 3. The van der Waals surface area contributed by atoms with Crippen molar-refractivity contribution in [3.63, 3.8) is 0 Å². The summed E-state index contributed by atoms with van der Waals surface area (Å²) < 4.78 is 1.59. The first-order chi connectivity index (χ1) is 12.5. The molecule has 9 heteroatoms. The van der Waals surface area contributed by atoms with Crippen molar-refractivity contribution in [1.29, 1.82) is 0 Å². The predicted molar refractivity (Wildman–Crippen MR) is 99.8 cm³/mol. The predicted octanol–water partition coefficient (Wildman–Crippen LogP) is 2.15. The van der Waals surface area contributed by atoms with Crippen molar-refractivity contribution in [1.82, 2.24) is 19.9 Å². The summed E-state index contributed by atoms with van der Waals surface area (Å²) in [7, 11) is 0. The Morgan fingerprint density at radius 1 is 1.35 bits per heavy atom. The minimum atomic E-state index is -1.18. The van der Waals surface area contributed by atoms with E-state index in [-0.39, 0.29) is 11.2 Å². The van der Waals surface area contributed by atoms with Gasteiger partial charge in [0, 0.05) is 11.8 Å². The Morgan fingerprint density at radius 2 is 2.04 bits per heavy atom. The van der Waals surface area contributed by atoms with E-state index in [1.807, 2.05) is 0 Å². The molecular formula is C17H24N4O4S. The maximum absolute atomic E-state index is 12.4. The molecule has 8 nitrogen and oxygen atoms in total. The summed E-state index contributed by atoms with van der Waals surface area (Å²) in [6.07, 6.45) is 5.91. The van der Waals surface area contributed by atoms with Crippen LogP contribution in [0.25, 0.3) is 5.65 Å². The number of nitrogens with zero attached hydrogens (tertiary/aromatic N) is 2. The largest absolute Gasteiger partial charge is 0.480 e. The molecule has 2 aromatic rings. The zero-order valence-electron chi connectivity index (χ0n) is 14.9. The summed E-state index contributed by atoms with van der Waals surface area (Å²) >= 11 is 1.56. The molecule has 0 fully saturated rings. The molecule has 0 aliphatic rings. The van der Waals surface area contributed by atoms with Crippen LogP contribution in [0.3, 0.4) is 0 Å². The third-order valence-corrected chi connectivity index (χ3v) is 5.25. The second kappa shape index (κ2) is 9.42. The zero-order valence-corrected chi connectivity index (χ0v) is 15.8. The number of carboxylic acids is 1. The molecule has 0 unspecified atom stereocenters. The van der Waals surface area contributed by atoms with Gasteiger partial charge in [0.05, 0.1) is 0 Å². The van der Waals surface area contributed by atoms with E-state index in [9.17, 15) is 14.4 Å². The molecule has 0 aromatic carbocycles. The van der Waals surface area contributed by atoms with Crippen LogP contribution >= 0.6 is 11.8 Å². The quantitative estimate of drug-likeness (QED) is 0.544. The van der Waals surface area contributed by atoms with Gasteiger partial charge in [-0.2, -0.15) is 0 Å². The first kappa shape index (κ1) is 20.0. The van der Waals surface area contributed by atoms with E-state index in [1.165, 1.54) is 12.4 Å². The normalized spacial score (nSPS) is 11.2. The summed E-state index contributed by atoms with van der Waals surface area (Å²) in [5, 5.41) is 14.5. The van der Waals surface area contributed by atoms with Crippen molar-refractivity contribution in [2.75, 3.05) is 12.3 Å². The second-order valence-electron chi connectivity index (χ2n) is 6.10. The molecule has 0 radical (unpaired) electrons. The molecule has 0 aliphatic carbocycles. The summed E-state index contributed by atoms with van der Waals surface area (Å²) in [6, 6.07) is 1.40. The van der Waals surface area contributed by atoms with Gasteiger partial charge in [-0.3, -0.25) is 19.5 Å². The maximum atomic E-state index is 12.4. The third kappa shape index (κ3) is 4.87. The third-order valence-electron chi connectivity index (χ3n) is 4.02. The molecule has 3 N–H and O–H groups in total. The number of fused-ring (bicyclic) bond motifs is 1. The van der Waals surface area contributed by atoms with Crippen LogP contribution in [0, 0.1) is 5.92 Å². The van der Waals surface area contributed by atoms with Crippen LogP contribution in [0.5, 0.6) is 0 Å². The molecule has 142 valence electrons. The molecule has 0 saturated heterocycles. The molecule has 1 amide bonds. The van der Waals surface area contributed by atoms with Crippen molar-refractivity contribution in [3.05, 3.63) is 28.2 Å². The number of aliphatic carboxylic acids is 1. The van der Waals surface area contributed by atoms with E-state index in [0.717, 1.165) is 31.4 Å². The monoisotopic (exact) mass is 380 g/mol. The van der Waals surface area contributed by atoms with Gasteiger partial charge in [-0.1, -0.05) is 26.7 Å². The Hall–Kier alpha value is -2.29. The van der Waals surface area contributed by atoms with Gasteiger partial charge in [0.1, 0.15) is 23.5 Å². The lowest BCUT2D eigenvalue weighted by Crippen LogP contribution is -2.33. The van der Waals surface area contributed by atoms with Crippen LogP contribution < -0.4 is 10.7 Å². The van der Waals surface area contributed by atoms with E-state index in [0.29, 0.717) is 10.9 Å². The van der Waals surface area contributed by atoms with Crippen LogP contribution in [-0.2, 0) is 4.79 Å². The Kier molecular flexibility index (Phi) is 7.26. The average molecular weight is 380 g/mol. The van der Waals surface area contributed by atoms with Crippen LogP contribution in [-0.4, -0.2) is 43.9 Å². The van der Waals surface area contributed by atoms with Crippen molar-refractivity contribution >= 4 is 29.3 Å². The van der Waals surface area contributed by atoms with Crippen LogP contribution in [0.1, 0.15) is 49.9 Å². The van der Waals surface area contributed by atoms with Gasteiger partial charge in [-0.15, -0.1) is 11.8 Å². The lowest BCUT2D eigenvalue weighted by Gasteiger charge is -2.15. The Morgan fingerprint density at radius 3 is 2.65 bits per heavy atom. The summed E-state index contributed by atoms with van der Waals surface area (Å²) in [5.74, 6) is -0.468. The number of rotatable bonds is 10. The van der Waals surface area contributed by atoms with Gasteiger partial charge >= 0.3 is 5.97 Å². The highest BCUT2D eigenvalue weighted by atomic mass is 32.2. The zero-order chi connectivity index (χ0) is 19.1. The minimum Gasteiger partial charge on any atom is -0.480 e. The Bertz CT molecular complexity index is 824. The molecule has 0 saturated carbocycles. The highest BCUT2D eigenvalue weighted by Gasteiger charge is 2.20. The number of carbonyl (C=O) groups is 2. The van der Waals surface area contributed by atoms with Gasteiger partial charge in [0.15, 0.2) is 11.1 Å². The number of thioether (sulfide) groups is 1. The number of amides is 1. The van der Waals surface area contributed by atoms with Crippen LogP contribution in [0.4, 0.5) is 0 Å². The molecule has 0 bridgehead atoms. The molecule has 26 heavy (non-hydrogen) atoms. The van der Waals surface area contributed by atoms with Crippen molar-refractivity contribution in [2.45, 2.75) is 44.6 Å². The average Bonchev–Trinajstić information content (AvgIpc) is 3.07. The molecule has 2 rings (SSSR count). The summed E-state index contributed by atoms with van der Waals surface area (Å²) in [5.41, 5.74) is -0.425. The fourth-order valence-corrected chi connectivity index (χ4v) is 4.06. The van der Waals surface area contributed by atoms with Gasteiger partial charge in [0.2, 0.25) is 0 Å². The van der Waals surface area contributed by atoms with Crippen molar-refractivity contribution < 1.29 is 14.7 Å². The van der Waals surface area contributed by atoms with E-state index in [2.05, 4.69) is 29.2 Å². The van der Waals surface area contributed by atoms with Gasteiger partial charge in [-0.25, -0.2) is 9.50 Å². The second-order valence-corrected chi connectivity index (χ2v) is 7.14. The minimum absolute atomic E-state index is 0.157. The maximum Gasteiger partial charge on any atom is 0.322 e. The lowest BCUT2D eigenvalue weighted by atomic mass is 10.0. The van der Waals surface area contributed by atoms with E-state index in [4.69, 9.17) is 5.11 Å². The lowest BCUT2D eigenvalue weighted by molar-refractivity contribution is -0.135. The van der Waals surface area contributed by atoms with E-state index in [1.54, 1.807) is 16.3 Å². The highest BCUT2D eigenvalue weighted by Crippen LogP contribution is 2.25. The first-order valence-electron chi connectivity index (χ1n) is 8.69. The van der Waals surface area contributed by atoms with Gasteiger partial charge < -0.3 is 10.4 Å². The molecule has 2 heterocycles. The number of aromatic amines is 1. The van der Waals surface area contributed by atoms with Crippen LogP contribution in [0.2, 0.25) is 0 Å². The van der Waals surface area contributed by atoms with Crippen LogP contribution in [0.15, 0.2) is 22.2 Å². The molecule has 0 spiro atoms. The smallest absolute Gasteiger partial charge is 0.322 e. The highest BCUT2D eigenvalue weighted by molar-refractivity contribution is 7.99. The Balaban J connectivity index is 2.27. The number of hydrogen-bond acceptors (Lipinski definition) is 5. The number of nitrogens with one attached hydrogen (secondary N) is 2. The summed E-state index contributed by atoms with van der Waals surface area (Å²) in [6.45, 7) is 3.77. The van der Waals surface area contributed by atoms with Gasteiger partial charge in [0.25, 0.3) is 5.91 Å². The molecular weight excluding hydrogens is 356 g/mol. The molecule has 0 aliphatic heterocycles. The standard InChI is InChI=1S/C17H24N4O4S/c1-3-5-11(6-4-2)9-26-13-7-12(22)15(16-19-10-20-21(13)16)17(25)18-8-14(23)24/h7,10-11H,3-6,8-9H2,1-2H3,(H,18,25)(H,19,20)(H,23,24). The fourth-order valence-electron chi connectivity index (χ4n) is 2.86. The number of carboxylic acid groups (broad SMARTS) is 1. The number of pyridine rings is 1. The summed E-state index contributed by atoms with van der Waals surface area (Å²) in [4.78, 5) is 39.3. The SMILES string of the molecule is CCCC(CCC)CSc1cc(=O)c(C(=O)NCC(=O)O)c2nc[nH]n12. The molecule has 2 aromatic heterocycles. The van der Waals surface area contributed by atoms with Crippen molar-refractivity contribution in [2.24, 2.45) is 5.92 Å². The van der Waals surface area contributed by atoms with E-state index >= 15 is 0 Å². The fraction of sp³-hybridized carbons (Fsp3) is 0.529. The van der Waals surface area contributed by atoms with Gasteiger partial charge in [-0.05, 0) is 18.8 Å².